The van der Waals surface area contributed by atoms with E-state index in [1.165, 1.54) is 65.4 Å². The number of carbonyl (C=O) groups is 1. The molecule has 0 aliphatic heterocycles. The monoisotopic (exact) mass is 375 g/mol. The van der Waals surface area contributed by atoms with Gasteiger partial charge in [-0.3, -0.25) is 4.79 Å². The van der Waals surface area contributed by atoms with Gasteiger partial charge in [-0.15, -0.1) is 0 Å². The summed E-state index contributed by atoms with van der Waals surface area (Å²) in [5, 5.41) is 1.35. The second kappa shape index (κ2) is 7.39. The van der Waals surface area contributed by atoms with E-state index in [1.807, 2.05) is 6.92 Å². The number of allylic oxidation sites excluding steroid dienone is 3. The maximum absolute atomic E-state index is 12.7. The van der Waals surface area contributed by atoms with Crippen molar-refractivity contribution in [3.05, 3.63) is 52.7 Å². The fourth-order valence-electron chi connectivity index (χ4n) is 5.40. The number of hydrogen-bond acceptors (Lipinski definition) is 1. The summed E-state index contributed by atoms with van der Waals surface area (Å²) in [6.07, 6.45) is 8.29. The zero-order valence-electron chi connectivity index (χ0n) is 17.9. The number of rotatable bonds is 3. The van der Waals surface area contributed by atoms with Crippen LogP contribution >= 0.6 is 0 Å². The van der Waals surface area contributed by atoms with Crippen molar-refractivity contribution in [3.63, 3.8) is 0 Å². The highest BCUT2D eigenvalue weighted by molar-refractivity contribution is 6.05. The fourth-order valence-corrected chi connectivity index (χ4v) is 5.40. The van der Waals surface area contributed by atoms with E-state index in [9.17, 15) is 4.79 Å². The van der Waals surface area contributed by atoms with Crippen LogP contribution in [0.25, 0.3) is 16.5 Å². The molecule has 1 aromatic carbocycles. The molecule has 2 nitrogen and oxygen atoms in total. The van der Waals surface area contributed by atoms with Crippen LogP contribution in [0.3, 0.4) is 0 Å². The minimum Gasteiger partial charge on any atom is -0.344 e. The molecule has 1 atom stereocenters. The summed E-state index contributed by atoms with van der Waals surface area (Å²) in [6.45, 7) is 10.4. The van der Waals surface area contributed by atoms with E-state index >= 15 is 0 Å². The van der Waals surface area contributed by atoms with E-state index in [0.29, 0.717) is 12.3 Å². The van der Waals surface area contributed by atoms with Gasteiger partial charge in [0.25, 0.3) is 0 Å². The van der Waals surface area contributed by atoms with Gasteiger partial charge in [-0.2, -0.15) is 0 Å². The van der Waals surface area contributed by atoms with Crippen molar-refractivity contribution in [2.24, 2.45) is 13.0 Å². The maximum atomic E-state index is 12.7. The molecule has 0 bridgehead atoms. The Kier molecular flexibility index (Phi) is 5.07. The van der Waals surface area contributed by atoms with Crippen molar-refractivity contribution in [1.82, 2.24) is 4.57 Å². The molecule has 0 amide bonds. The molecular formula is C26H33NO. The highest BCUT2D eigenvalue weighted by Gasteiger charge is 2.29. The Bertz CT molecular complexity index is 982. The molecule has 2 aliphatic rings. The summed E-state index contributed by atoms with van der Waals surface area (Å²) in [7, 11) is 2.15. The van der Waals surface area contributed by atoms with Gasteiger partial charge in [0.15, 0.2) is 5.78 Å². The van der Waals surface area contributed by atoms with E-state index in [-0.39, 0.29) is 11.7 Å². The first-order valence-corrected chi connectivity index (χ1v) is 10.9. The highest BCUT2D eigenvalue weighted by atomic mass is 16.1. The summed E-state index contributed by atoms with van der Waals surface area (Å²) in [5.41, 5.74) is 8.62. The average Bonchev–Trinajstić information content (AvgIpc) is 2.94. The molecule has 1 heterocycles. The van der Waals surface area contributed by atoms with E-state index < -0.39 is 0 Å². The fraction of sp³-hybridized carbons (Fsp3) is 0.500. The summed E-state index contributed by atoms with van der Waals surface area (Å²) in [4.78, 5) is 12.7. The summed E-state index contributed by atoms with van der Waals surface area (Å²) in [6, 6.07) is 7.07. The molecule has 148 valence electrons. The topological polar surface area (TPSA) is 22.0 Å². The third kappa shape index (κ3) is 3.17. The van der Waals surface area contributed by atoms with Gasteiger partial charge in [0.1, 0.15) is 0 Å². The van der Waals surface area contributed by atoms with Crippen LogP contribution in [0.4, 0.5) is 0 Å². The van der Waals surface area contributed by atoms with Crippen molar-refractivity contribution in [2.45, 2.75) is 71.6 Å². The van der Waals surface area contributed by atoms with Crippen molar-refractivity contribution >= 4 is 22.3 Å². The molecule has 1 aromatic heterocycles. The van der Waals surface area contributed by atoms with E-state index in [2.05, 4.69) is 50.2 Å². The minimum absolute atomic E-state index is 0.265. The van der Waals surface area contributed by atoms with Crippen LogP contribution in [-0.2, 0) is 11.8 Å². The third-order valence-corrected chi connectivity index (χ3v) is 7.29. The van der Waals surface area contributed by atoms with Crippen molar-refractivity contribution in [1.29, 1.82) is 0 Å². The average molecular weight is 376 g/mol. The molecule has 0 N–H and O–H groups in total. The largest absolute Gasteiger partial charge is 0.344 e. The number of carbonyl (C=O) groups excluding carboxylic acids is 1. The molecule has 2 heteroatoms. The van der Waals surface area contributed by atoms with Crippen molar-refractivity contribution in [3.8, 4) is 0 Å². The number of ketones is 1. The lowest BCUT2D eigenvalue weighted by Gasteiger charge is -2.26. The molecule has 2 aromatic rings. The zero-order chi connectivity index (χ0) is 20.0. The molecule has 0 radical (unpaired) electrons. The Morgan fingerprint density at radius 2 is 1.82 bits per heavy atom. The molecule has 4 rings (SSSR count). The Morgan fingerprint density at radius 1 is 1.11 bits per heavy atom. The summed E-state index contributed by atoms with van der Waals surface area (Å²) < 4.78 is 2.31. The van der Waals surface area contributed by atoms with Gasteiger partial charge in [-0.25, -0.2) is 0 Å². The quantitative estimate of drug-likeness (QED) is 0.537. The lowest BCUT2D eigenvalue weighted by atomic mass is 9.78. The smallest absolute Gasteiger partial charge is 0.159 e. The van der Waals surface area contributed by atoms with Crippen LogP contribution in [0, 0.1) is 12.8 Å². The summed E-state index contributed by atoms with van der Waals surface area (Å²) in [5.74, 6) is 1.26. The van der Waals surface area contributed by atoms with Crippen molar-refractivity contribution < 1.29 is 4.79 Å². The predicted octanol–water partition coefficient (Wildman–Crippen LogP) is 6.86. The minimum atomic E-state index is 0.265. The SMILES string of the molecule is C=C(C)C1CC(=O)C(C)=C(c2c(C)c3cc(C4CCCCC4)ccc3n2C)C1. The second-order valence-electron chi connectivity index (χ2n) is 9.12. The lowest BCUT2D eigenvalue weighted by molar-refractivity contribution is -0.116. The van der Waals surface area contributed by atoms with Gasteiger partial charge in [0.2, 0.25) is 0 Å². The zero-order valence-corrected chi connectivity index (χ0v) is 17.9. The Morgan fingerprint density at radius 3 is 2.50 bits per heavy atom. The molecule has 2 aliphatic carbocycles. The maximum Gasteiger partial charge on any atom is 0.159 e. The number of nitrogens with zero attached hydrogens (tertiary/aromatic N) is 1. The number of fused-ring (bicyclic) bond motifs is 1. The van der Waals surface area contributed by atoms with Crippen LogP contribution in [0.2, 0.25) is 0 Å². The van der Waals surface area contributed by atoms with Gasteiger partial charge in [0, 0.05) is 30.1 Å². The Labute approximate surface area is 169 Å². The molecule has 1 unspecified atom stereocenters. The van der Waals surface area contributed by atoms with Gasteiger partial charge in [-0.05, 0) is 86.3 Å². The van der Waals surface area contributed by atoms with Crippen LogP contribution in [0.5, 0.6) is 0 Å². The van der Waals surface area contributed by atoms with Gasteiger partial charge in [-0.1, -0.05) is 37.5 Å². The second-order valence-corrected chi connectivity index (χ2v) is 9.12. The Balaban J connectivity index is 1.82. The molecule has 1 fully saturated rings. The van der Waals surface area contributed by atoms with E-state index in [4.69, 9.17) is 0 Å². The first kappa shape index (κ1) is 19.2. The Hall–Kier alpha value is -2.09. The number of aryl methyl sites for hydroxylation is 2. The number of aromatic nitrogens is 1. The first-order chi connectivity index (χ1) is 13.4. The van der Waals surface area contributed by atoms with Crippen LogP contribution in [0.15, 0.2) is 35.9 Å². The van der Waals surface area contributed by atoms with Crippen molar-refractivity contribution in [2.75, 3.05) is 0 Å². The number of benzene rings is 1. The molecule has 0 spiro atoms. The molecule has 28 heavy (non-hydrogen) atoms. The van der Waals surface area contributed by atoms with E-state index in [0.717, 1.165) is 17.6 Å². The number of hydrogen-bond donors (Lipinski definition) is 0. The lowest BCUT2D eigenvalue weighted by Crippen LogP contribution is -2.19. The standard InChI is InChI=1S/C26H33NO/c1-16(2)21-14-23(17(3)25(28)15-21)26-18(4)22-13-20(11-12-24(22)27(26)5)19-9-7-6-8-10-19/h11-13,19,21H,1,6-10,14-15H2,2-5H3. The highest BCUT2D eigenvalue weighted by Crippen LogP contribution is 2.41. The molecular weight excluding hydrogens is 342 g/mol. The predicted molar refractivity (Wildman–Crippen MR) is 119 cm³/mol. The third-order valence-electron chi connectivity index (χ3n) is 7.29. The van der Waals surface area contributed by atoms with Gasteiger partial charge < -0.3 is 4.57 Å². The van der Waals surface area contributed by atoms with Gasteiger partial charge in [0.05, 0.1) is 0 Å². The van der Waals surface area contributed by atoms with E-state index in [1.54, 1.807) is 0 Å². The van der Waals surface area contributed by atoms with Crippen LogP contribution in [-0.4, -0.2) is 10.4 Å². The first-order valence-electron chi connectivity index (χ1n) is 10.9. The van der Waals surface area contributed by atoms with Crippen LogP contribution in [0.1, 0.15) is 81.5 Å². The van der Waals surface area contributed by atoms with Gasteiger partial charge >= 0.3 is 0 Å². The molecule has 1 saturated carbocycles. The normalized spacial score (nSPS) is 21.6. The molecule has 0 saturated heterocycles. The summed E-state index contributed by atoms with van der Waals surface area (Å²) >= 11 is 0. The number of Topliss-reactive ketones (excluding diaryl/α,β-unsaturated/α-hetero) is 1. The van der Waals surface area contributed by atoms with Crippen LogP contribution < -0.4 is 0 Å².